The van der Waals surface area contributed by atoms with Gasteiger partial charge in [0.15, 0.2) is 0 Å². The van der Waals surface area contributed by atoms with E-state index in [2.05, 4.69) is 26.9 Å². The fraction of sp³-hybridized carbons (Fsp3) is 0.250. The van der Waals surface area contributed by atoms with Crippen molar-refractivity contribution >= 4 is 28.1 Å². The van der Waals surface area contributed by atoms with E-state index >= 15 is 0 Å². The van der Waals surface area contributed by atoms with Crippen LogP contribution in [-0.4, -0.2) is 23.2 Å². The number of hydrogen-bond donors (Lipinski definition) is 2. The van der Waals surface area contributed by atoms with Crippen LogP contribution in [0.5, 0.6) is 0 Å². The molecule has 1 aromatic heterocycles. The molecule has 2 aromatic rings. The number of amides is 1. The maximum Gasteiger partial charge on any atom is 0.286 e. The molecule has 0 bridgehead atoms. The van der Waals surface area contributed by atoms with Crippen molar-refractivity contribution in [3.63, 3.8) is 0 Å². The van der Waals surface area contributed by atoms with Crippen molar-refractivity contribution in [2.75, 3.05) is 17.7 Å². The molecule has 0 unspecified atom stereocenters. The molecule has 0 fully saturated rings. The monoisotopic (exact) mass is 262 g/mol. The van der Waals surface area contributed by atoms with E-state index in [1.54, 1.807) is 7.05 Å². The first-order valence-corrected chi connectivity index (χ1v) is 6.31. The van der Waals surface area contributed by atoms with Crippen molar-refractivity contribution in [1.29, 1.82) is 0 Å². The molecule has 0 atom stereocenters. The van der Waals surface area contributed by atoms with Gasteiger partial charge in [0.2, 0.25) is 10.1 Å². The lowest BCUT2D eigenvalue weighted by molar-refractivity contribution is 0.102. The average Bonchev–Trinajstić information content (AvgIpc) is 2.75. The summed E-state index contributed by atoms with van der Waals surface area (Å²) >= 11 is 1.22. The SMILES string of the molecule is CNc1nnc(C(=O)Nc2cc(C)cc(C)c2)s1. The third-order valence-electron chi connectivity index (χ3n) is 2.31. The number of rotatable bonds is 3. The van der Waals surface area contributed by atoms with Crippen LogP contribution in [0, 0.1) is 13.8 Å². The molecule has 1 amide bonds. The molecule has 1 heterocycles. The number of aromatic nitrogens is 2. The Morgan fingerprint density at radius 1 is 1.17 bits per heavy atom. The van der Waals surface area contributed by atoms with E-state index in [1.165, 1.54) is 11.3 Å². The fourth-order valence-electron chi connectivity index (χ4n) is 1.65. The van der Waals surface area contributed by atoms with Crippen molar-refractivity contribution in [1.82, 2.24) is 10.2 Å². The van der Waals surface area contributed by atoms with Crippen LogP contribution in [0.4, 0.5) is 10.8 Å². The highest BCUT2D eigenvalue weighted by Gasteiger charge is 2.12. The summed E-state index contributed by atoms with van der Waals surface area (Å²) in [6.07, 6.45) is 0. The van der Waals surface area contributed by atoms with E-state index in [1.807, 2.05) is 26.0 Å². The summed E-state index contributed by atoms with van der Waals surface area (Å²) in [6, 6.07) is 5.90. The maximum absolute atomic E-state index is 11.9. The number of anilines is 2. The highest BCUT2D eigenvalue weighted by molar-refractivity contribution is 7.17. The van der Waals surface area contributed by atoms with Crippen LogP contribution in [0.1, 0.15) is 20.9 Å². The molecule has 0 spiro atoms. The third kappa shape index (κ3) is 2.84. The van der Waals surface area contributed by atoms with Gasteiger partial charge in [0.25, 0.3) is 5.91 Å². The van der Waals surface area contributed by atoms with E-state index in [0.717, 1.165) is 16.8 Å². The summed E-state index contributed by atoms with van der Waals surface area (Å²) in [6.45, 7) is 3.99. The highest BCUT2D eigenvalue weighted by atomic mass is 32.1. The van der Waals surface area contributed by atoms with Crippen molar-refractivity contribution in [2.45, 2.75) is 13.8 Å². The summed E-state index contributed by atoms with van der Waals surface area (Å²) in [4.78, 5) is 11.9. The second-order valence-corrected chi connectivity index (χ2v) is 4.97. The van der Waals surface area contributed by atoms with Crippen molar-refractivity contribution in [3.05, 3.63) is 34.3 Å². The van der Waals surface area contributed by atoms with Crippen LogP contribution in [0.3, 0.4) is 0 Å². The van der Waals surface area contributed by atoms with Crippen LogP contribution in [0.25, 0.3) is 0 Å². The van der Waals surface area contributed by atoms with Crippen LogP contribution in [0.15, 0.2) is 18.2 Å². The zero-order chi connectivity index (χ0) is 13.1. The molecule has 18 heavy (non-hydrogen) atoms. The maximum atomic E-state index is 11.9. The van der Waals surface area contributed by atoms with E-state index in [0.29, 0.717) is 10.1 Å². The Bertz CT molecular complexity index is 559. The second-order valence-electron chi connectivity index (χ2n) is 3.99. The van der Waals surface area contributed by atoms with E-state index in [-0.39, 0.29) is 5.91 Å². The summed E-state index contributed by atoms with van der Waals surface area (Å²) < 4.78 is 0. The van der Waals surface area contributed by atoms with Crippen LogP contribution in [-0.2, 0) is 0 Å². The topological polar surface area (TPSA) is 66.9 Å². The zero-order valence-electron chi connectivity index (χ0n) is 10.4. The Labute approximate surface area is 109 Å². The number of hydrogen-bond acceptors (Lipinski definition) is 5. The largest absolute Gasteiger partial charge is 0.363 e. The molecule has 2 rings (SSSR count). The molecule has 0 aliphatic heterocycles. The first-order valence-electron chi connectivity index (χ1n) is 5.49. The number of benzene rings is 1. The number of carbonyl (C=O) groups is 1. The minimum absolute atomic E-state index is 0.237. The van der Waals surface area contributed by atoms with Gasteiger partial charge >= 0.3 is 0 Å². The first-order chi connectivity index (χ1) is 8.58. The first kappa shape index (κ1) is 12.5. The van der Waals surface area contributed by atoms with Gasteiger partial charge in [0.05, 0.1) is 0 Å². The van der Waals surface area contributed by atoms with Crippen LogP contribution < -0.4 is 10.6 Å². The number of aryl methyl sites for hydroxylation is 2. The molecule has 0 aliphatic carbocycles. The quantitative estimate of drug-likeness (QED) is 0.891. The lowest BCUT2D eigenvalue weighted by Crippen LogP contribution is -2.11. The van der Waals surface area contributed by atoms with Gasteiger partial charge in [-0.1, -0.05) is 17.4 Å². The van der Waals surface area contributed by atoms with E-state index in [4.69, 9.17) is 0 Å². The number of carbonyl (C=O) groups excluding carboxylic acids is 1. The Hall–Kier alpha value is -1.95. The second kappa shape index (κ2) is 5.14. The van der Waals surface area contributed by atoms with Gasteiger partial charge in [-0.3, -0.25) is 4.79 Å². The van der Waals surface area contributed by atoms with Crippen LogP contribution >= 0.6 is 11.3 Å². The average molecular weight is 262 g/mol. The number of nitrogens with one attached hydrogen (secondary N) is 2. The third-order valence-corrected chi connectivity index (χ3v) is 3.25. The predicted octanol–water partition coefficient (Wildman–Crippen LogP) is 2.45. The molecule has 0 aliphatic rings. The van der Waals surface area contributed by atoms with Gasteiger partial charge < -0.3 is 10.6 Å². The van der Waals surface area contributed by atoms with E-state index < -0.39 is 0 Å². The van der Waals surface area contributed by atoms with Gasteiger partial charge in [-0.25, -0.2) is 0 Å². The van der Waals surface area contributed by atoms with Crippen LogP contribution in [0.2, 0.25) is 0 Å². The van der Waals surface area contributed by atoms with Crippen molar-refractivity contribution < 1.29 is 4.79 Å². The molecular weight excluding hydrogens is 248 g/mol. The minimum Gasteiger partial charge on any atom is -0.363 e. The molecule has 5 nitrogen and oxygen atoms in total. The Kier molecular flexibility index (Phi) is 3.57. The van der Waals surface area contributed by atoms with Gasteiger partial charge in [0.1, 0.15) is 0 Å². The Balaban J connectivity index is 2.15. The van der Waals surface area contributed by atoms with Crippen molar-refractivity contribution in [2.24, 2.45) is 0 Å². The predicted molar refractivity (Wildman–Crippen MR) is 73.3 cm³/mol. The molecule has 94 valence electrons. The molecule has 6 heteroatoms. The molecule has 0 radical (unpaired) electrons. The molecule has 1 aromatic carbocycles. The zero-order valence-corrected chi connectivity index (χ0v) is 11.3. The summed E-state index contributed by atoms with van der Waals surface area (Å²) in [5.41, 5.74) is 3.00. The molecule has 2 N–H and O–H groups in total. The highest BCUT2D eigenvalue weighted by Crippen LogP contribution is 2.18. The molecule has 0 saturated heterocycles. The van der Waals surface area contributed by atoms with Gasteiger partial charge in [-0.2, -0.15) is 0 Å². The van der Waals surface area contributed by atoms with Crippen molar-refractivity contribution in [3.8, 4) is 0 Å². The summed E-state index contributed by atoms with van der Waals surface area (Å²) in [7, 11) is 1.74. The smallest absolute Gasteiger partial charge is 0.286 e. The minimum atomic E-state index is -0.237. The fourth-order valence-corrected chi connectivity index (χ4v) is 2.24. The van der Waals surface area contributed by atoms with Gasteiger partial charge in [-0.05, 0) is 37.1 Å². The standard InChI is InChI=1S/C12H14N4OS/c1-7-4-8(2)6-9(5-7)14-10(17)11-15-16-12(13-3)18-11/h4-6H,1-3H3,(H,13,16)(H,14,17). The summed E-state index contributed by atoms with van der Waals surface area (Å²) in [5.74, 6) is -0.237. The summed E-state index contributed by atoms with van der Waals surface area (Å²) in [5, 5.41) is 14.3. The lowest BCUT2D eigenvalue weighted by Gasteiger charge is -2.05. The van der Waals surface area contributed by atoms with E-state index in [9.17, 15) is 4.79 Å². The lowest BCUT2D eigenvalue weighted by atomic mass is 10.1. The molecular formula is C12H14N4OS. The molecule has 0 saturated carbocycles. The Morgan fingerprint density at radius 3 is 2.39 bits per heavy atom. The van der Waals surface area contributed by atoms with Gasteiger partial charge in [-0.15, -0.1) is 10.2 Å². The normalized spacial score (nSPS) is 10.2. The Morgan fingerprint density at radius 2 is 1.83 bits per heavy atom. The number of nitrogens with zero attached hydrogens (tertiary/aromatic N) is 2. The van der Waals surface area contributed by atoms with Gasteiger partial charge in [0, 0.05) is 12.7 Å².